The molecule has 138 valence electrons. The topological polar surface area (TPSA) is 76.1 Å². The fourth-order valence-corrected chi connectivity index (χ4v) is 4.27. The maximum atomic E-state index is 12.5. The first-order chi connectivity index (χ1) is 11.7. The summed E-state index contributed by atoms with van der Waals surface area (Å²) < 4.78 is 29.9. The van der Waals surface area contributed by atoms with Crippen LogP contribution in [-0.2, 0) is 23.7 Å². The summed E-state index contributed by atoms with van der Waals surface area (Å²) in [5, 5.41) is 2.28. The molecule has 0 unspecified atom stereocenters. The van der Waals surface area contributed by atoms with Crippen molar-refractivity contribution in [2.45, 2.75) is 76.2 Å². The van der Waals surface area contributed by atoms with E-state index in [0.29, 0.717) is 11.6 Å². The number of hydrogen-bond acceptors (Lipinski definition) is 8. The summed E-state index contributed by atoms with van der Waals surface area (Å²) in [6.45, 7) is 7.92. The summed E-state index contributed by atoms with van der Waals surface area (Å²) in [4.78, 5) is 16.5. The van der Waals surface area contributed by atoms with Gasteiger partial charge in [0.1, 0.15) is 24.4 Å². The lowest BCUT2D eigenvalue weighted by molar-refractivity contribution is -0.205. The Kier molecular flexibility index (Phi) is 4.25. The van der Waals surface area contributed by atoms with Crippen molar-refractivity contribution in [1.29, 1.82) is 0 Å². The maximum Gasteiger partial charge on any atom is 0.194 e. The Labute approximate surface area is 150 Å². The molecule has 25 heavy (non-hydrogen) atoms. The van der Waals surface area contributed by atoms with Crippen LogP contribution in [0.15, 0.2) is 11.6 Å². The van der Waals surface area contributed by atoms with Gasteiger partial charge in [-0.3, -0.25) is 4.79 Å². The molecule has 4 rings (SSSR count). The Balaban J connectivity index is 1.51. The van der Waals surface area contributed by atoms with Crippen molar-refractivity contribution in [3.05, 3.63) is 16.6 Å². The molecule has 0 aliphatic carbocycles. The van der Waals surface area contributed by atoms with Crippen molar-refractivity contribution in [1.82, 2.24) is 4.98 Å². The zero-order valence-corrected chi connectivity index (χ0v) is 15.6. The van der Waals surface area contributed by atoms with E-state index in [9.17, 15) is 4.79 Å². The number of carbonyl (C=O) groups is 1. The number of thiazole rings is 1. The molecule has 3 saturated heterocycles. The predicted molar refractivity (Wildman–Crippen MR) is 88.5 cm³/mol. The van der Waals surface area contributed by atoms with Crippen molar-refractivity contribution in [2.24, 2.45) is 0 Å². The summed E-state index contributed by atoms with van der Waals surface area (Å²) in [5.74, 6) is -1.40. The van der Waals surface area contributed by atoms with E-state index in [4.69, 9.17) is 23.7 Å². The molecule has 0 aromatic carbocycles. The van der Waals surface area contributed by atoms with Crippen LogP contribution in [-0.4, -0.2) is 59.5 Å². The van der Waals surface area contributed by atoms with Gasteiger partial charge in [-0.05, 0) is 27.7 Å². The smallest absolute Gasteiger partial charge is 0.194 e. The van der Waals surface area contributed by atoms with E-state index in [-0.39, 0.29) is 42.7 Å². The van der Waals surface area contributed by atoms with Crippen molar-refractivity contribution in [3.63, 3.8) is 0 Å². The minimum Gasteiger partial charge on any atom is -0.366 e. The van der Waals surface area contributed by atoms with E-state index in [1.165, 1.54) is 11.3 Å². The summed E-state index contributed by atoms with van der Waals surface area (Å²) in [5.41, 5.74) is 0. The van der Waals surface area contributed by atoms with E-state index >= 15 is 0 Å². The number of aromatic nitrogens is 1. The Morgan fingerprint density at radius 2 is 1.92 bits per heavy atom. The van der Waals surface area contributed by atoms with Crippen LogP contribution < -0.4 is 0 Å². The molecule has 0 N–H and O–H groups in total. The van der Waals surface area contributed by atoms with Crippen LogP contribution in [0, 0.1) is 0 Å². The third kappa shape index (κ3) is 3.39. The highest BCUT2D eigenvalue weighted by molar-refractivity contribution is 7.11. The molecule has 0 amide bonds. The highest BCUT2D eigenvalue weighted by atomic mass is 32.1. The second kappa shape index (κ2) is 6.07. The average Bonchev–Trinajstić information content (AvgIpc) is 3.24. The molecule has 0 radical (unpaired) electrons. The van der Waals surface area contributed by atoms with Crippen molar-refractivity contribution in [3.8, 4) is 0 Å². The molecule has 3 fully saturated rings. The van der Waals surface area contributed by atoms with Crippen LogP contribution in [0.4, 0.5) is 0 Å². The number of hydrogen-bond donors (Lipinski definition) is 0. The summed E-state index contributed by atoms with van der Waals surface area (Å²) in [7, 11) is 0. The van der Waals surface area contributed by atoms with Crippen molar-refractivity contribution in [2.75, 3.05) is 6.61 Å². The lowest BCUT2D eigenvalue weighted by atomic mass is 10.0. The molecule has 0 bridgehead atoms. The number of nitrogens with zero attached hydrogens (tertiary/aromatic N) is 1. The summed E-state index contributed by atoms with van der Waals surface area (Å²) in [6.07, 6.45) is 0.274. The predicted octanol–water partition coefficient (Wildman–Crippen LogP) is 2.15. The second-order valence-corrected chi connectivity index (χ2v) is 8.43. The number of ketones is 1. The van der Waals surface area contributed by atoms with Gasteiger partial charge in [-0.15, -0.1) is 11.3 Å². The molecule has 1 aromatic rings. The van der Waals surface area contributed by atoms with Crippen LogP contribution in [0.3, 0.4) is 0 Å². The third-order valence-corrected chi connectivity index (χ3v) is 5.45. The van der Waals surface area contributed by atoms with Gasteiger partial charge < -0.3 is 23.7 Å². The molecule has 4 heterocycles. The quantitative estimate of drug-likeness (QED) is 0.753. The van der Waals surface area contributed by atoms with Gasteiger partial charge in [0.25, 0.3) is 0 Å². The fraction of sp³-hybridized carbons (Fsp3) is 0.765. The standard InChI is InChI=1S/C17H23NO6S/c1-16(2)20-8-11(22-16)12-14-13(23-17(3,4)24-14)10(21-12)7-9(19)15-18-5-6-25-15/h5-6,10-14H,7-8H2,1-4H3/t10-,11-,12+,13+,14-/m0/s1. The van der Waals surface area contributed by atoms with E-state index < -0.39 is 11.6 Å². The van der Waals surface area contributed by atoms with Crippen molar-refractivity contribution >= 4 is 17.1 Å². The lowest BCUT2D eigenvalue weighted by Gasteiger charge is -2.26. The zero-order chi connectivity index (χ0) is 17.8. The zero-order valence-electron chi connectivity index (χ0n) is 14.8. The Hall–Kier alpha value is -0.900. The largest absolute Gasteiger partial charge is 0.366 e. The van der Waals surface area contributed by atoms with Crippen LogP contribution in [0.5, 0.6) is 0 Å². The van der Waals surface area contributed by atoms with Gasteiger partial charge in [-0.2, -0.15) is 0 Å². The SMILES string of the molecule is CC1(C)O[C@@H]2[C@H](O1)[C@H](CC(=O)c1nccs1)O[C@@H]2[C@@H]1COC(C)(C)O1. The first-order valence-corrected chi connectivity index (χ1v) is 9.38. The molecular weight excluding hydrogens is 346 g/mol. The van der Waals surface area contributed by atoms with Crippen LogP contribution in [0.2, 0.25) is 0 Å². The van der Waals surface area contributed by atoms with Gasteiger partial charge in [-0.1, -0.05) is 0 Å². The minimum absolute atomic E-state index is 0.0448. The van der Waals surface area contributed by atoms with E-state index in [1.54, 1.807) is 11.6 Å². The Bertz CT molecular complexity index is 646. The molecule has 5 atom stereocenters. The Morgan fingerprint density at radius 1 is 1.16 bits per heavy atom. The number of ether oxygens (including phenoxy) is 5. The molecule has 0 saturated carbocycles. The lowest BCUT2D eigenvalue weighted by Crippen LogP contribution is -2.40. The molecule has 3 aliphatic heterocycles. The number of Topliss-reactive ketones (excluding diaryl/α,β-unsaturated/α-hetero) is 1. The molecule has 7 nitrogen and oxygen atoms in total. The summed E-state index contributed by atoms with van der Waals surface area (Å²) in [6, 6.07) is 0. The number of fused-ring (bicyclic) bond motifs is 1. The second-order valence-electron chi connectivity index (χ2n) is 7.54. The third-order valence-electron chi connectivity index (χ3n) is 4.64. The van der Waals surface area contributed by atoms with Crippen molar-refractivity contribution < 1.29 is 28.5 Å². The first-order valence-electron chi connectivity index (χ1n) is 8.50. The molecule has 8 heteroatoms. The highest BCUT2D eigenvalue weighted by Gasteiger charge is 2.59. The van der Waals surface area contributed by atoms with Crippen LogP contribution >= 0.6 is 11.3 Å². The monoisotopic (exact) mass is 369 g/mol. The minimum atomic E-state index is -0.713. The van der Waals surface area contributed by atoms with Crippen LogP contribution in [0.25, 0.3) is 0 Å². The molecule has 3 aliphatic rings. The van der Waals surface area contributed by atoms with Gasteiger partial charge in [0, 0.05) is 18.0 Å². The van der Waals surface area contributed by atoms with E-state index in [1.807, 2.05) is 27.7 Å². The average molecular weight is 369 g/mol. The first kappa shape index (κ1) is 17.5. The number of rotatable bonds is 4. The molecular formula is C17H23NO6S. The highest BCUT2D eigenvalue weighted by Crippen LogP contribution is 2.43. The van der Waals surface area contributed by atoms with E-state index in [0.717, 1.165) is 0 Å². The fourth-order valence-electron chi connectivity index (χ4n) is 3.69. The van der Waals surface area contributed by atoms with Gasteiger partial charge in [-0.25, -0.2) is 4.98 Å². The van der Waals surface area contributed by atoms with Crippen LogP contribution in [0.1, 0.15) is 43.9 Å². The van der Waals surface area contributed by atoms with Gasteiger partial charge in [0.05, 0.1) is 12.7 Å². The molecule has 0 spiro atoms. The van der Waals surface area contributed by atoms with Gasteiger partial charge in [0.15, 0.2) is 22.4 Å². The Morgan fingerprint density at radius 3 is 2.56 bits per heavy atom. The van der Waals surface area contributed by atoms with E-state index in [2.05, 4.69) is 4.98 Å². The number of carbonyl (C=O) groups excluding carboxylic acids is 1. The van der Waals surface area contributed by atoms with Gasteiger partial charge >= 0.3 is 0 Å². The summed E-state index contributed by atoms with van der Waals surface area (Å²) >= 11 is 1.33. The maximum absolute atomic E-state index is 12.5. The molecule has 1 aromatic heterocycles. The van der Waals surface area contributed by atoms with Gasteiger partial charge in [0.2, 0.25) is 0 Å². The normalized spacial score (nSPS) is 38.8.